The number of hydroxylamine groups is 1. The number of nitrogens with zero attached hydrogens (tertiary/aromatic N) is 2. The van der Waals surface area contributed by atoms with Crippen molar-refractivity contribution in [2.75, 3.05) is 13.1 Å². The van der Waals surface area contributed by atoms with Crippen molar-refractivity contribution in [3.05, 3.63) is 34.5 Å². The third-order valence-electron chi connectivity index (χ3n) is 6.45. The molecule has 2 aliphatic rings. The van der Waals surface area contributed by atoms with Crippen molar-refractivity contribution in [2.45, 2.75) is 72.1 Å². The smallest absolute Gasteiger partial charge is 0.240 e. The van der Waals surface area contributed by atoms with Crippen molar-refractivity contribution in [1.29, 1.82) is 0 Å². The quantitative estimate of drug-likeness (QED) is 0.816. The highest BCUT2D eigenvalue weighted by Crippen LogP contribution is 2.46. The summed E-state index contributed by atoms with van der Waals surface area (Å²) in [5.41, 5.74) is 9.27. The van der Waals surface area contributed by atoms with Crippen LogP contribution in [0.3, 0.4) is 0 Å². The number of hydrogen-bond donors (Lipinski definition) is 1. The lowest BCUT2D eigenvalue weighted by atomic mass is 9.74. The number of carbonyl (C=O) groups is 1. The molecule has 1 saturated heterocycles. The van der Waals surface area contributed by atoms with E-state index in [1.165, 1.54) is 72.6 Å². The summed E-state index contributed by atoms with van der Waals surface area (Å²) in [5, 5.41) is 1.44. The summed E-state index contributed by atoms with van der Waals surface area (Å²) in [6, 6.07) is 5.24. The highest BCUT2D eigenvalue weighted by molar-refractivity contribution is 5.92. The molecule has 1 amide bonds. The standard InChI is InChI=1S/C22H31N3O2/c1-5-10-24-11-6-7-17-18-9-8-14(2)22-21(18)19(12-20(17)24)15(3)25(22)13-27-23-16(4)26/h8-9,17,20H,5-7,10-13H2,1-4H3,(H,23,26)/t17-,20-/m1/s1. The summed E-state index contributed by atoms with van der Waals surface area (Å²) in [4.78, 5) is 19.4. The molecular weight excluding hydrogens is 338 g/mol. The Morgan fingerprint density at radius 1 is 1.33 bits per heavy atom. The second-order valence-electron chi connectivity index (χ2n) is 8.18. The van der Waals surface area contributed by atoms with Crippen molar-refractivity contribution < 1.29 is 9.63 Å². The van der Waals surface area contributed by atoms with Crippen LogP contribution in [0.15, 0.2) is 12.1 Å². The lowest BCUT2D eigenvalue weighted by Crippen LogP contribution is -2.47. The van der Waals surface area contributed by atoms with Gasteiger partial charge >= 0.3 is 0 Å². The van der Waals surface area contributed by atoms with Gasteiger partial charge in [-0.25, -0.2) is 5.48 Å². The van der Waals surface area contributed by atoms with Crippen LogP contribution < -0.4 is 5.48 Å². The van der Waals surface area contributed by atoms with E-state index in [0.717, 1.165) is 6.42 Å². The fourth-order valence-corrected chi connectivity index (χ4v) is 5.34. The van der Waals surface area contributed by atoms with E-state index in [0.29, 0.717) is 18.7 Å². The molecule has 1 fully saturated rings. The number of aryl methyl sites for hydroxylation is 1. The van der Waals surface area contributed by atoms with Crippen LogP contribution >= 0.6 is 0 Å². The number of benzene rings is 1. The van der Waals surface area contributed by atoms with Crippen LogP contribution in [0.1, 0.15) is 61.4 Å². The number of carbonyl (C=O) groups excluding carboxylic acids is 1. The third kappa shape index (κ3) is 3.07. The molecule has 1 aliphatic carbocycles. The Balaban J connectivity index is 1.79. The molecule has 2 heterocycles. The van der Waals surface area contributed by atoms with E-state index < -0.39 is 0 Å². The molecular formula is C22H31N3O2. The Morgan fingerprint density at radius 2 is 2.15 bits per heavy atom. The summed E-state index contributed by atoms with van der Waals surface area (Å²) >= 11 is 0. The van der Waals surface area contributed by atoms with Gasteiger partial charge in [0, 0.05) is 30.0 Å². The molecule has 0 unspecified atom stereocenters. The lowest BCUT2D eigenvalue weighted by Gasteiger charge is -2.44. The van der Waals surface area contributed by atoms with E-state index in [9.17, 15) is 4.79 Å². The van der Waals surface area contributed by atoms with Crippen LogP contribution in [-0.4, -0.2) is 34.5 Å². The second-order valence-corrected chi connectivity index (χ2v) is 8.18. The number of likely N-dealkylation sites (tertiary alicyclic amines) is 1. The average Bonchev–Trinajstić information content (AvgIpc) is 2.92. The monoisotopic (exact) mass is 369 g/mol. The van der Waals surface area contributed by atoms with Crippen molar-refractivity contribution in [3.63, 3.8) is 0 Å². The first-order valence-electron chi connectivity index (χ1n) is 10.3. The minimum absolute atomic E-state index is 0.174. The minimum atomic E-state index is -0.174. The van der Waals surface area contributed by atoms with Gasteiger partial charge in [-0.15, -0.1) is 0 Å². The number of fused-ring (bicyclic) bond motifs is 2. The highest BCUT2D eigenvalue weighted by atomic mass is 16.7. The van der Waals surface area contributed by atoms with Crippen molar-refractivity contribution in [1.82, 2.24) is 14.9 Å². The number of rotatable bonds is 5. The van der Waals surface area contributed by atoms with Gasteiger partial charge in [-0.2, -0.15) is 0 Å². The van der Waals surface area contributed by atoms with Gasteiger partial charge in [-0.3, -0.25) is 14.5 Å². The Morgan fingerprint density at radius 3 is 2.89 bits per heavy atom. The largest absolute Gasteiger partial charge is 0.318 e. The molecule has 0 radical (unpaired) electrons. The first-order valence-corrected chi connectivity index (χ1v) is 10.3. The maximum absolute atomic E-state index is 11.2. The van der Waals surface area contributed by atoms with Gasteiger partial charge < -0.3 is 4.57 Å². The van der Waals surface area contributed by atoms with Gasteiger partial charge in [0.25, 0.3) is 0 Å². The van der Waals surface area contributed by atoms with Crippen LogP contribution in [0.2, 0.25) is 0 Å². The van der Waals surface area contributed by atoms with Crippen molar-refractivity contribution in [3.8, 4) is 0 Å². The zero-order valence-corrected chi connectivity index (χ0v) is 17.0. The first kappa shape index (κ1) is 18.5. The zero-order valence-electron chi connectivity index (χ0n) is 17.0. The molecule has 146 valence electrons. The van der Waals surface area contributed by atoms with Crippen LogP contribution in [0, 0.1) is 13.8 Å². The number of amides is 1. The summed E-state index contributed by atoms with van der Waals surface area (Å²) in [6.45, 7) is 10.9. The van der Waals surface area contributed by atoms with E-state index in [1.807, 2.05) is 0 Å². The highest BCUT2D eigenvalue weighted by Gasteiger charge is 2.38. The van der Waals surface area contributed by atoms with Gasteiger partial charge in [-0.05, 0) is 69.3 Å². The Bertz CT molecular complexity index is 868. The van der Waals surface area contributed by atoms with E-state index >= 15 is 0 Å². The van der Waals surface area contributed by atoms with Gasteiger partial charge in [0.2, 0.25) is 5.91 Å². The summed E-state index contributed by atoms with van der Waals surface area (Å²) in [5.74, 6) is 0.458. The van der Waals surface area contributed by atoms with Gasteiger partial charge in [0.15, 0.2) is 6.73 Å². The number of hydrogen-bond acceptors (Lipinski definition) is 3. The Labute approximate surface area is 161 Å². The summed E-state index contributed by atoms with van der Waals surface area (Å²) in [6.07, 6.45) is 4.91. The van der Waals surface area contributed by atoms with Gasteiger partial charge in [0.1, 0.15) is 0 Å². The predicted octanol–water partition coefficient (Wildman–Crippen LogP) is 3.80. The molecule has 27 heavy (non-hydrogen) atoms. The molecule has 1 aromatic heterocycles. The topological polar surface area (TPSA) is 46.5 Å². The van der Waals surface area contributed by atoms with Crippen LogP contribution in [0.4, 0.5) is 0 Å². The molecule has 2 aromatic rings. The lowest BCUT2D eigenvalue weighted by molar-refractivity contribution is -0.134. The van der Waals surface area contributed by atoms with Crippen molar-refractivity contribution in [2.24, 2.45) is 0 Å². The van der Waals surface area contributed by atoms with E-state index in [1.54, 1.807) is 0 Å². The predicted molar refractivity (Wildman–Crippen MR) is 108 cm³/mol. The SMILES string of the molecule is CCCN1CCC[C@@H]2c3ccc(C)c4c3c(c(C)n4CONC(C)=O)C[C@H]21. The van der Waals surface area contributed by atoms with Gasteiger partial charge in [0.05, 0.1) is 5.52 Å². The van der Waals surface area contributed by atoms with E-state index in [4.69, 9.17) is 4.84 Å². The second kappa shape index (κ2) is 7.28. The zero-order chi connectivity index (χ0) is 19.1. The Hall–Kier alpha value is -1.85. The van der Waals surface area contributed by atoms with Crippen LogP contribution in [0.25, 0.3) is 10.9 Å². The molecule has 2 atom stereocenters. The summed E-state index contributed by atoms with van der Waals surface area (Å²) < 4.78 is 2.24. The number of nitrogens with one attached hydrogen (secondary N) is 1. The molecule has 1 aliphatic heterocycles. The fraction of sp³-hybridized carbons (Fsp3) is 0.591. The minimum Gasteiger partial charge on any atom is -0.318 e. The molecule has 4 rings (SSSR count). The molecule has 5 heteroatoms. The van der Waals surface area contributed by atoms with Crippen LogP contribution in [0.5, 0.6) is 0 Å². The Kier molecular flexibility index (Phi) is 4.99. The number of aromatic nitrogens is 1. The fourth-order valence-electron chi connectivity index (χ4n) is 5.34. The normalized spacial score (nSPS) is 22.1. The molecule has 1 aromatic carbocycles. The molecule has 0 bridgehead atoms. The van der Waals surface area contributed by atoms with E-state index in [-0.39, 0.29) is 5.91 Å². The third-order valence-corrected chi connectivity index (χ3v) is 6.45. The maximum Gasteiger partial charge on any atom is 0.240 e. The van der Waals surface area contributed by atoms with Crippen LogP contribution in [-0.2, 0) is 22.8 Å². The van der Waals surface area contributed by atoms with Gasteiger partial charge in [-0.1, -0.05) is 19.1 Å². The maximum atomic E-state index is 11.2. The molecule has 1 N–H and O–H groups in total. The molecule has 5 nitrogen and oxygen atoms in total. The molecule has 0 spiro atoms. The molecule has 0 saturated carbocycles. The first-order chi connectivity index (χ1) is 13.0. The number of piperidine rings is 1. The van der Waals surface area contributed by atoms with Crippen molar-refractivity contribution >= 4 is 16.8 Å². The van der Waals surface area contributed by atoms with E-state index in [2.05, 4.69) is 47.9 Å². The summed E-state index contributed by atoms with van der Waals surface area (Å²) in [7, 11) is 0. The average molecular weight is 370 g/mol.